The molecule has 3 nitrogen and oxygen atoms in total. The molecule has 6 aromatic rings. The summed E-state index contributed by atoms with van der Waals surface area (Å²) in [6, 6.07) is 26.1. The van der Waals surface area contributed by atoms with E-state index >= 15 is 8.78 Å². The van der Waals surface area contributed by atoms with Crippen LogP contribution in [0.3, 0.4) is 0 Å². The maximum Gasteiger partial charge on any atom is 0.132 e. The van der Waals surface area contributed by atoms with Crippen molar-refractivity contribution in [2.45, 2.75) is 26.7 Å². The van der Waals surface area contributed by atoms with Gasteiger partial charge in [-0.25, -0.2) is 8.78 Å². The van der Waals surface area contributed by atoms with E-state index < -0.39 is 0 Å². The molecule has 41 heavy (non-hydrogen) atoms. The van der Waals surface area contributed by atoms with Crippen LogP contribution < -0.4 is 4.74 Å². The molecule has 0 fully saturated rings. The number of aromatic nitrogens is 2. The topological polar surface area (TPSA) is 35.0 Å². The summed E-state index contributed by atoms with van der Waals surface area (Å²) in [5.41, 5.74) is 6.73. The Kier molecular flexibility index (Phi) is 7.65. The molecule has 0 unspecified atom stereocenters. The zero-order valence-electron chi connectivity index (χ0n) is 22.9. The second-order valence-electron chi connectivity index (χ2n) is 10.5. The molecule has 6 rings (SSSR count). The quantitative estimate of drug-likeness (QED) is 0.179. The summed E-state index contributed by atoms with van der Waals surface area (Å²) in [7, 11) is 1.62. The number of nitrogens with zero attached hydrogens (tertiary/aromatic N) is 2. The molecule has 0 radical (unpaired) electrons. The Hall–Kier alpha value is -3.94. The van der Waals surface area contributed by atoms with Gasteiger partial charge >= 0.3 is 0 Å². The predicted octanol–water partition coefficient (Wildman–Crippen LogP) is 10.3. The molecule has 0 aliphatic heterocycles. The van der Waals surface area contributed by atoms with Crippen LogP contribution >= 0.6 is 23.1 Å². The molecule has 0 aliphatic rings. The summed E-state index contributed by atoms with van der Waals surface area (Å²) in [5, 5.41) is 0. The fourth-order valence-electron chi connectivity index (χ4n) is 4.98. The Labute approximate surface area is 246 Å². The van der Waals surface area contributed by atoms with Crippen molar-refractivity contribution in [1.29, 1.82) is 0 Å². The molecule has 2 heterocycles. The first-order valence-corrected chi connectivity index (χ1v) is 15.0. The number of fused-ring (bicyclic) bond motifs is 1. The summed E-state index contributed by atoms with van der Waals surface area (Å²) in [4.78, 5) is 1.82. The molecule has 0 bridgehead atoms. The number of ether oxygens (including phenoxy) is 1. The van der Waals surface area contributed by atoms with E-state index in [4.69, 9.17) is 4.74 Å². The highest BCUT2D eigenvalue weighted by atomic mass is 32.1. The molecular formula is C34H28F2N2OS2. The lowest BCUT2D eigenvalue weighted by molar-refractivity contribution is 0.415. The molecule has 2 aromatic heterocycles. The van der Waals surface area contributed by atoms with Gasteiger partial charge in [-0.15, -0.1) is 11.3 Å². The lowest BCUT2D eigenvalue weighted by atomic mass is 9.97. The van der Waals surface area contributed by atoms with E-state index in [1.807, 2.05) is 66.7 Å². The van der Waals surface area contributed by atoms with Crippen molar-refractivity contribution in [3.05, 3.63) is 102 Å². The molecule has 0 N–H and O–H groups in total. The smallest absolute Gasteiger partial charge is 0.132 e. The third-order valence-electron chi connectivity index (χ3n) is 7.28. The average molecular weight is 583 g/mol. The van der Waals surface area contributed by atoms with Crippen LogP contribution in [0.25, 0.3) is 54.2 Å². The minimum absolute atomic E-state index is 0.205. The third-order valence-corrected chi connectivity index (χ3v) is 8.96. The normalized spacial score (nSPS) is 11.5. The summed E-state index contributed by atoms with van der Waals surface area (Å²) in [5.74, 6) is 0.800. The Bertz CT molecular complexity index is 1840. The van der Waals surface area contributed by atoms with Gasteiger partial charge in [-0.2, -0.15) is 8.75 Å². The molecule has 0 spiro atoms. The number of benzene rings is 4. The van der Waals surface area contributed by atoms with Gasteiger partial charge in [0.1, 0.15) is 28.4 Å². The van der Waals surface area contributed by atoms with E-state index in [1.165, 1.54) is 11.3 Å². The average Bonchev–Trinajstić information content (AvgIpc) is 3.67. The summed E-state index contributed by atoms with van der Waals surface area (Å²) >= 11 is 2.62. The van der Waals surface area contributed by atoms with Crippen molar-refractivity contribution < 1.29 is 13.5 Å². The first-order chi connectivity index (χ1) is 19.9. The van der Waals surface area contributed by atoms with Crippen LogP contribution in [0, 0.1) is 17.6 Å². The van der Waals surface area contributed by atoms with Crippen LogP contribution in [-0.2, 0) is 6.42 Å². The minimum Gasteiger partial charge on any atom is -0.497 e. The van der Waals surface area contributed by atoms with E-state index in [0.717, 1.165) is 62.3 Å². The van der Waals surface area contributed by atoms with Crippen LogP contribution in [-0.4, -0.2) is 15.9 Å². The second kappa shape index (κ2) is 11.5. The van der Waals surface area contributed by atoms with Crippen LogP contribution in [0.2, 0.25) is 0 Å². The zero-order chi connectivity index (χ0) is 28.5. The summed E-state index contributed by atoms with van der Waals surface area (Å²) in [6.45, 7) is 4.35. The van der Waals surface area contributed by atoms with E-state index in [-0.39, 0.29) is 11.6 Å². The number of rotatable bonds is 8. The Morgan fingerprint density at radius 1 is 0.683 bits per heavy atom. The number of halogens is 2. The van der Waals surface area contributed by atoms with Gasteiger partial charge < -0.3 is 4.74 Å². The van der Waals surface area contributed by atoms with E-state index in [9.17, 15) is 0 Å². The fourth-order valence-corrected chi connectivity index (χ4v) is 6.61. The number of methoxy groups -OCH3 is 1. The molecule has 4 aromatic carbocycles. The van der Waals surface area contributed by atoms with E-state index in [1.54, 1.807) is 25.3 Å². The minimum atomic E-state index is -0.328. The van der Waals surface area contributed by atoms with Gasteiger partial charge in [0.25, 0.3) is 0 Å². The highest BCUT2D eigenvalue weighted by Gasteiger charge is 2.18. The van der Waals surface area contributed by atoms with Crippen molar-refractivity contribution in [1.82, 2.24) is 8.75 Å². The van der Waals surface area contributed by atoms with Crippen LogP contribution in [0.15, 0.2) is 84.9 Å². The maximum absolute atomic E-state index is 15.5. The Balaban J connectivity index is 1.31. The predicted molar refractivity (Wildman–Crippen MR) is 167 cm³/mol. The second-order valence-corrected chi connectivity index (χ2v) is 12.1. The number of aryl methyl sites for hydroxylation is 1. The molecule has 0 saturated carbocycles. The molecule has 0 aliphatic carbocycles. The molecule has 206 valence electrons. The van der Waals surface area contributed by atoms with Gasteiger partial charge in [-0.3, -0.25) is 0 Å². The van der Waals surface area contributed by atoms with Crippen LogP contribution in [0.1, 0.15) is 25.8 Å². The van der Waals surface area contributed by atoms with Gasteiger partial charge in [0.15, 0.2) is 0 Å². The van der Waals surface area contributed by atoms with Gasteiger partial charge in [0.05, 0.1) is 18.8 Å². The van der Waals surface area contributed by atoms with Crippen molar-refractivity contribution in [3.63, 3.8) is 0 Å². The van der Waals surface area contributed by atoms with Crippen molar-refractivity contribution >= 4 is 34.1 Å². The van der Waals surface area contributed by atoms with Crippen molar-refractivity contribution in [2.75, 3.05) is 7.11 Å². The Morgan fingerprint density at radius 2 is 1.29 bits per heavy atom. The number of hydrogen-bond donors (Lipinski definition) is 0. The zero-order valence-corrected chi connectivity index (χ0v) is 24.6. The first-order valence-electron chi connectivity index (χ1n) is 13.5. The van der Waals surface area contributed by atoms with Crippen LogP contribution in [0.5, 0.6) is 5.75 Å². The molecule has 0 amide bonds. The molecule has 0 atom stereocenters. The highest BCUT2D eigenvalue weighted by Crippen LogP contribution is 2.41. The highest BCUT2D eigenvalue weighted by molar-refractivity contribution is 7.19. The van der Waals surface area contributed by atoms with Gasteiger partial charge in [0, 0.05) is 32.0 Å². The monoisotopic (exact) mass is 582 g/mol. The summed E-state index contributed by atoms with van der Waals surface area (Å²) < 4.78 is 44.9. The van der Waals surface area contributed by atoms with Gasteiger partial charge in [-0.1, -0.05) is 62.4 Å². The fraction of sp³-hybridized carbons (Fsp3) is 0.176. The number of hydrogen-bond acceptors (Lipinski definition) is 5. The number of thiophene rings is 1. The standard InChI is InChI=1S/C34H28F2N2OS2/c1-20(2)4-5-21-6-12-27(29(35)18-21)31-16-17-32(40-31)28-15-14-26(33-34(28)38-41-37-33)25-13-9-23(19-30(25)36)22-7-10-24(39-3)11-8-22/h6-20H,4-5H2,1-3H3. The molecule has 0 saturated heterocycles. The third kappa shape index (κ3) is 5.52. The molecular weight excluding hydrogens is 555 g/mol. The van der Waals surface area contributed by atoms with Gasteiger partial charge in [-0.05, 0) is 71.8 Å². The molecule has 7 heteroatoms. The Morgan fingerprint density at radius 3 is 1.98 bits per heavy atom. The van der Waals surface area contributed by atoms with Crippen LogP contribution in [0.4, 0.5) is 8.78 Å². The lowest BCUT2D eigenvalue weighted by Gasteiger charge is -2.09. The largest absolute Gasteiger partial charge is 0.497 e. The van der Waals surface area contributed by atoms with Crippen molar-refractivity contribution in [2.24, 2.45) is 5.92 Å². The maximum atomic E-state index is 15.5. The lowest BCUT2D eigenvalue weighted by Crippen LogP contribution is -1.93. The SMILES string of the molecule is COc1ccc(-c2ccc(-c3ccc(-c4ccc(-c5ccc(CCC(C)C)cc5F)s4)c4nsnc34)c(F)c2)cc1. The van der Waals surface area contributed by atoms with E-state index in [0.29, 0.717) is 33.6 Å². The van der Waals surface area contributed by atoms with Gasteiger partial charge in [0.2, 0.25) is 0 Å². The summed E-state index contributed by atoms with van der Waals surface area (Å²) in [6.07, 6.45) is 1.91. The first kappa shape index (κ1) is 27.2. The van der Waals surface area contributed by atoms with E-state index in [2.05, 4.69) is 22.6 Å². The van der Waals surface area contributed by atoms with Crippen molar-refractivity contribution in [3.8, 4) is 48.9 Å².